The number of hydrogen-bond donors (Lipinski definition) is 0. The number of hydrogen-bond acceptors (Lipinski definition) is 4. The minimum Gasteiger partial charge on any atom is -0.458 e. The van der Waals surface area contributed by atoms with E-state index in [1.807, 2.05) is 0 Å². The molecule has 4 saturated carbocycles. The summed E-state index contributed by atoms with van der Waals surface area (Å²) in [5.74, 6) is 6.00. The van der Waals surface area contributed by atoms with E-state index < -0.39 is 5.60 Å². The summed E-state index contributed by atoms with van der Waals surface area (Å²) in [6, 6.07) is 0. The summed E-state index contributed by atoms with van der Waals surface area (Å²) in [6.45, 7) is 3.75. The maximum Gasteiger partial charge on any atom is 0.306 e. The molecule has 5 aliphatic rings. The van der Waals surface area contributed by atoms with Gasteiger partial charge in [-0.2, -0.15) is 0 Å². The van der Waals surface area contributed by atoms with Gasteiger partial charge in [0.25, 0.3) is 0 Å². The van der Waals surface area contributed by atoms with Gasteiger partial charge in [-0.3, -0.25) is 9.59 Å². The number of rotatable bonds is 5. The van der Waals surface area contributed by atoms with Crippen LogP contribution in [-0.4, -0.2) is 23.6 Å². The summed E-state index contributed by atoms with van der Waals surface area (Å²) in [7, 11) is 0. The lowest BCUT2D eigenvalue weighted by molar-refractivity contribution is -0.172. The Morgan fingerprint density at radius 1 is 1.06 bits per heavy atom. The molecule has 0 N–H and O–H groups in total. The number of ether oxygens (including phenoxy) is 2. The van der Waals surface area contributed by atoms with Crippen molar-refractivity contribution >= 4 is 11.9 Å². The van der Waals surface area contributed by atoms with Crippen LogP contribution >= 0.6 is 0 Å². The van der Waals surface area contributed by atoms with E-state index in [9.17, 15) is 9.59 Å². The molecule has 8 atom stereocenters. The molecule has 0 aliphatic heterocycles. The molecule has 5 aliphatic carbocycles. The first kappa shape index (κ1) is 24.0. The Morgan fingerprint density at radius 3 is 2.59 bits per heavy atom. The molecular formula is C30H42O4. The fourth-order valence-corrected chi connectivity index (χ4v) is 9.09. The third kappa shape index (κ3) is 4.02. The van der Waals surface area contributed by atoms with Crippen molar-refractivity contribution in [2.45, 2.75) is 109 Å². The summed E-state index contributed by atoms with van der Waals surface area (Å²) in [4.78, 5) is 24.8. The van der Waals surface area contributed by atoms with Crippen LogP contribution in [-0.2, 0) is 19.1 Å². The Labute approximate surface area is 205 Å². The highest BCUT2D eigenvalue weighted by atomic mass is 16.6. The number of fused-ring (bicyclic) bond motifs is 5. The van der Waals surface area contributed by atoms with Crippen molar-refractivity contribution in [1.29, 1.82) is 0 Å². The van der Waals surface area contributed by atoms with Crippen molar-refractivity contribution in [3.63, 3.8) is 0 Å². The summed E-state index contributed by atoms with van der Waals surface area (Å²) in [6.07, 6.45) is 24.5. The van der Waals surface area contributed by atoms with Gasteiger partial charge < -0.3 is 9.47 Å². The van der Waals surface area contributed by atoms with Crippen LogP contribution in [0.15, 0.2) is 12.2 Å². The van der Waals surface area contributed by atoms with Crippen molar-refractivity contribution in [2.24, 2.45) is 40.9 Å². The van der Waals surface area contributed by atoms with Gasteiger partial charge in [0.1, 0.15) is 6.10 Å². The molecule has 0 heterocycles. The van der Waals surface area contributed by atoms with E-state index >= 15 is 0 Å². The Bertz CT molecular complexity index is 864. The molecule has 4 nitrogen and oxygen atoms in total. The molecule has 0 aromatic rings. The maximum absolute atomic E-state index is 12.8. The van der Waals surface area contributed by atoms with Crippen molar-refractivity contribution in [3.05, 3.63) is 12.2 Å². The van der Waals surface area contributed by atoms with Crippen LogP contribution in [0.4, 0.5) is 0 Å². The normalized spacial score (nSPS) is 43.3. The Morgan fingerprint density at radius 2 is 1.85 bits per heavy atom. The molecule has 4 fully saturated rings. The van der Waals surface area contributed by atoms with E-state index in [1.54, 1.807) is 0 Å². The van der Waals surface area contributed by atoms with E-state index in [4.69, 9.17) is 15.9 Å². The predicted octanol–water partition coefficient (Wildman–Crippen LogP) is 6.23. The molecule has 0 aromatic heterocycles. The van der Waals surface area contributed by atoms with Crippen molar-refractivity contribution in [3.8, 4) is 12.3 Å². The average Bonchev–Trinajstić information content (AvgIpc) is 3.44. The van der Waals surface area contributed by atoms with Gasteiger partial charge in [0.15, 0.2) is 5.60 Å². The molecule has 0 radical (unpaired) electrons. The van der Waals surface area contributed by atoms with E-state index in [-0.39, 0.29) is 23.5 Å². The highest BCUT2D eigenvalue weighted by Gasteiger charge is 2.65. The summed E-state index contributed by atoms with van der Waals surface area (Å²) >= 11 is 0. The molecule has 1 unspecified atom stereocenters. The first-order chi connectivity index (χ1) is 16.4. The van der Waals surface area contributed by atoms with Crippen LogP contribution in [0.25, 0.3) is 0 Å². The van der Waals surface area contributed by atoms with Crippen LogP contribution in [0.2, 0.25) is 0 Å². The monoisotopic (exact) mass is 466 g/mol. The van der Waals surface area contributed by atoms with Crippen LogP contribution in [0.3, 0.4) is 0 Å². The zero-order valence-electron chi connectivity index (χ0n) is 21.1. The number of carbonyl (C=O) groups excluding carboxylic acids is 2. The van der Waals surface area contributed by atoms with Gasteiger partial charge in [-0.15, -0.1) is 6.42 Å². The van der Waals surface area contributed by atoms with Gasteiger partial charge in [-0.1, -0.05) is 44.6 Å². The second-order valence-corrected chi connectivity index (χ2v) is 12.2. The van der Waals surface area contributed by atoms with Gasteiger partial charge >= 0.3 is 11.9 Å². The third-order valence-corrected chi connectivity index (χ3v) is 10.7. The maximum atomic E-state index is 12.8. The Balaban J connectivity index is 1.30. The van der Waals surface area contributed by atoms with Crippen LogP contribution in [0.1, 0.15) is 97.3 Å². The van der Waals surface area contributed by atoms with Gasteiger partial charge in [-0.05, 0) is 87.0 Å². The molecule has 0 bridgehead atoms. The van der Waals surface area contributed by atoms with Crippen molar-refractivity contribution in [2.75, 3.05) is 0 Å². The minimum absolute atomic E-state index is 0.00737. The minimum atomic E-state index is -0.774. The molecular weight excluding hydrogens is 424 g/mol. The zero-order chi connectivity index (χ0) is 23.9. The molecule has 186 valence electrons. The smallest absolute Gasteiger partial charge is 0.306 e. The molecule has 0 spiro atoms. The van der Waals surface area contributed by atoms with E-state index in [0.717, 1.165) is 38.5 Å². The molecule has 34 heavy (non-hydrogen) atoms. The number of terminal acetylenes is 1. The predicted molar refractivity (Wildman–Crippen MR) is 131 cm³/mol. The largest absolute Gasteiger partial charge is 0.458 e. The average molecular weight is 467 g/mol. The number of carbonyl (C=O) groups is 2. The number of esters is 2. The Kier molecular flexibility index (Phi) is 6.60. The van der Waals surface area contributed by atoms with E-state index in [1.165, 1.54) is 45.4 Å². The topological polar surface area (TPSA) is 52.6 Å². The molecule has 0 aromatic carbocycles. The van der Waals surface area contributed by atoms with Gasteiger partial charge in [-0.25, -0.2) is 0 Å². The Hall–Kier alpha value is -1.76. The zero-order valence-corrected chi connectivity index (χ0v) is 21.1. The number of allylic oxidation sites excluding steroid dienone is 1. The van der Waals surface area contributed by atoms with Gasteiger partial charge in [0, 0.05) is 24.7 Å². The SMILES string of the molecule is C#C[C@]1(OC(C)=O)CC[C@H]2[C@@H]3CC[C@@H]4CC=C[C@H](OC(=O)CCC5CCCC5)C4[C@H]3CC[C@@]21C. The van der Waals surface area contributed by atoms with Gasteiger partial charge in [0.05, 0.1) is 0 Å². The van der Waals surface area contributed by atoms with Crippen LogP contribution in [0.5, 0.6) is 0 Å². The summed E-state index contributed by atoms with van der Waals surface area (Å²) in [5, 5.41) is 0. The van der Waals surface area contributed by atoms with Crippen molar-refractivity contribution in [1.82, 2.24) is 0 Å². The molecule has 0 amide bonds. The molecule has 0 saturated heterocycles. The van der Waals surface area contributed by atoms with E-state index in [0.29, 0.717) is 41.9 Å². The highest BCUT2D eigenvalue weighted by molar-refractivity contribution is 5.69. The quantitative estimate of drug-likeness (QED) is 0.274. The lowest BCUT2D eigenvalue weighted by Gasteiger charge is -2.57. The highest BCUT2D eigenvalue weighted by Crippen LogP contribution is 2.66. The first-order valence-corrected chi connectivity index (χ1v) is 13.9. The fourth-order valence-electron chi connectivity index (χ4n) is 9.09. The summed E-state index contributed by atoms with van der Waals surface area (Å²) < 4.78 is 12.1. The lowest BCUT2D eigenvalue weighted by atomic mass is 9.49. The fraction of sp³-hybridized carbons (Fsp3) is 0.800. The van der Waals surface area contributed by atoms with Crippen molar-refractivity contribution < 1.29 is 19.1 Å². The van der Waals surface area contributed by atoms with Crippen LogP contribution < -0.4 is 0 Å². The standard InChI is InChI=1S/C30H42O4/c1-4-30(34-20(2)31)19-17-25-23-14-13-22-10-7-11-26(28(22)24(23)16-18-29(25,30)3)33-27(32)15-12-21-8-5-6-9-21/h1,7,11,21-26,28H,5-6,8-10,12-19H2,2-3H3/t22-,23+,24-,25-,26-,28?,29-,30-/m0/s1. The molecule has 5 rings (SSSR count). The van der Waals surface area contributed by atoms with Crippen LogP contribution in [0, 0.1) is 53.3 Å². The second kappa shape index (κ2) is 9.36. The molecule has 4 heteroatoms. The summed E-state index contributed by atoms with van der Waals surface area (Å²) in [5.41, 5.74) is -0.941. The first-order valence-electron chi connectivity index (χ1n) is 13.9. The lowest BCUT2D eigenvalue weighted by Crippen LogP contribution is -2.55. The van der Waals surface area contributed by atoms with Gasteiger partial charge in [0.2, 0.25) is 0 Å². The van der Waals surface area contributed by atoms with E-state index in [2.05, 4.69) is 25.0 Å². The third-order valence-electron chi connectivity index (χ3n) is 10.7. The second-order valence-electron chi connectivity index (χ2n) is 12.2.